The molecule has 0 atom stereocenters. The number of carbonyl (C=O) groups is 1. The van der Waals surface area contributed by atoms with E-state index in [0.29, 0.717) is 11.1 Å². The van der Waals surface area contributed by atoms with E-state index in [4.69, 9.17) is 4.74 Å². The number of anilines is 3. The number of rotatable bonds is 8. The summed E-state index contributed by atoms with van der Waals surface area (Å²) in [5.74, 6) is -1.18. The van der Waals surface area contributed by atoms with Gasteiger partial charge >= 0.3 is 12.1 Å². The molecule has 0 radical (unpaired) electrons. The van der Waals surface area contributed by atoms with Crippen LogP contribution in [0.5, 0.6) is 0 Å². The highest BCUT2D eigenvalue weighted by atomic mass is 19.4. The minimum atomic E-state index is -4.55. The van der Waals surface area contributed by atoms with E-state index in [1.807, 2.05) is 74.5 Å². The number of alkyl halides is 3. The third kappa shape index (κ3) is 7.31. The molecule has 0 heterocycles. The lowest BCUT2D eigenvalue weighted by Crippen LogP contribution is -2.10. The summed E-state index contributed by atoms with van der Waals surface area (Å²) in [5, 5.41) is 0. The topological polar surface area (TPSA) is 29.5 Å². The number of benzene rings is 4. The van der Waals surface area contributed by atoms with Crippen LogP contribution in [0.15, 0.2) is 97.1 Å². The number of aryl methyl sites for hydroxylation is 2. The van der Waals surface area contributed by atoms with Gasteiger partial charge in [0, 0.05) is 28.2 Å². The van der Waals surface area contributed by atoms with Crippen LogP contribution in [-0.4, -0.2) is 5.97 Å². The summed E-state index contributed by atoms with van der Waals surface area (Å²) in [4.78, 5) is 13.8. The highest BCUT2D eigenvalue weighted by Gasteiger charge is 2.30. The van der Waals surface area contributed by atoms with Crippen LogP contribution in [0, 0.1) is 19.7 Å². The first-order valence-corrected chi connectivity index (χ1v) is 12.9. The molecule has 0 unspecified atom stereocenters. The molecule has 0 N–H and O–H groups in total. The number of nitrogens with zero attached hydrogens (tertiary/aromatic N) is 1. The number of ether oxygens (including phenoxy) is 1. The summed E-state index contributed by atoms with van der Waals surface area (Å²) in [6.07, 6.45) is -1.65. The van der Waals surface area contributed by atoms with E-state index in [-0.39, 0.29) is 12.2 Å². The third-order valence-corrected chi connectivity index (χ3v) is 6.59. The second-order valence-electron chi connectivity index (χ2n) is 9.79. The van der Waals surface area contributed by atoms with Crippen molar-refractivity contribution >= 4 is 35.2 Å². The first-order valence-electron chi connectivity index (χ1n) is 12.9. The van der Waals surface area contributed by atoms with Crippen LogP contribution in [-0.2, 0) is 22.3 Å². The van der Waals surface area contributed by atoms with E-state index in [0.717, 1.165) is 52.0 Å². The van der Waals surface area contributed by atoms with Gasteiger partial charge in [0.1, 0.15) is 12.4 Å². The molecule has 210 valence electrons. The maximum atomic E-state index is 14.2. The van der Waals surface area contributed by atoms with E-state index in [1.54, 1.807) is 13.0 Å². The predicted octanol–water partition coefficient (Wildman–Crippen LogP) is 9.72. The number of esters is 1. The van der Waals surface area contributed by atoms with Crippen molar-refractivity contribution in [1.82, 2.24) is 0 Å². The molecule has 0 amide bonds. The molecule has 41 heavy (non-hydrogen) atoms. The monoisotopic (exact) mass is 559 g/mol. The lowest BCUT2D eigenvalue weighted by atomic mass is 10.1. The molecule has 0 saturated heterocycles. The average molecular weight is 560 g/mol. The van der Waals surface area contributed by atoms with Gasteiger partial charge in [0.05, 0.1) is 5.56 Å². The van der Waals surface area contributed by atoms with Gasteiger partial charge in [-0.25, -0.2) is 9.18 Å². The largest absolute Gasteiger partial charge is 0.457 e. The van der Waals surface area contributed by atoms with Crippen LogP contribution >= 0.6 is 0 Å². The lowest BCUT2D eigenvalue weighted by molar-refractivity contribution is -0.140. The van der Waals surface area contributed by atoms with E-state index in [2.05, 4.69) is 17.5 Å². The highest BCUT2D eigenvalue weighted by Crippen LogP contribution is 2.36. The van der Waals surface area contributed by atoms with Gasteiger partial charge in [-0.15, -0.1) is 0 Å². The molecule has 0 aromatic heterocycles. The van der Waals surface area contributed by atoms with Gasteiger partial charge in [-0.3, -0.25) is 0 Å². The maximum absolute atomic E-state index is 14.2. The standard InChI is InChI=1S/C34H29F4NO2/c1-22(2)33(40)41-21-26-9-16-30(17-10-26)39(31-13-5-23(3)24(4)19-31)29-14-7-25(8-15-29)6-11-27-20-28(34(36,37)38)12-18-32(27)35/h5-20H,1,21H2,2-4H3. The van der Waals surface area contributed by atoms with Crippen molar-refractivity contribution in [2.45, 2.75) is 33.6 Å². The normalized spacial score (nSPS) is 11.5. The molecule has 4 aromatic carbocycles. The Kier molecular flexibility index (Phi) is 8.77. The van der Waals surface area contributed by atoms with Gasteiger partial charge in [0.2, 0.25) is 0 Å². The lowest BCUT2D eigenvalue weighted by Gasteiger charge is -2.26. The van der Waals surface area contributed by atoms with Crippen LogP contribution < -0.4 is 4.90 Å². The molecule has 3 nitrogen and oxygen atoms in total. The van der Waals surface area contributed by atoms with Crippen molar-refractivity contribution < 1.29 is 27.1 Å². The van der Waals surface area contributed by atoms with Crippen molar-refractivity contribution in [3.8, 4) is 0 Å². The summed E-state index contributed by atoms with van der Waals surface area (Å²) in [6, 6.07) is 23.5. The number of carbonyl (C=O) groups excluding carboxylic acids is 1. The Labute approximate surface area is 237 Å². The fourth-order valence-electron chi connectivity index (χ4n) is 4.09. The summed E-state index contributed by atoms with van der Waals surface area (Å²) in [6.45, 7) is 9.39. The predicted molar refractivity (Wildman–Crippen MR) is 156 cm³/mol. The molecule has 0 aliphatic heterocycles. The zero-order valence-corrected chi connectivity index (χ0v) is 22.9. The fraction of sp³-hybridized carbons (Fsp3) is 0.147. The molecule has 0 saturated carbocycles. The molecule has 4 rings (SSSR count). The fourth-order valence-corrected chi connectivity index (χ4v) is 4.09. The number of hydrogen-bond donors (Lipinski definition) is 0. The summed E-state index contributed by atoms with van der Waals surface area (Å²) in [5.41, 5.74) is 5.74. The van der Waals surface area contributed by atoms with Gasteiger partial charge < -0.3 is 9.64 Å². The Morgan fingerprint density at radius 1 is 0.829 bits per heavy atom. The first kappa shape index (κ1) is 29.3. The maximum Gasteiger partial charge on any atom is 0.416 e. The van der Waals surface area contributed by atoms with Gasteiger partial charge in [-0.2, -0.15) is 13.2 Å². The molecular weight excluding hydrogens is 530 g/mol. The molecular formula is C34H29F4NO2. The Balaban J connectivity index is 1.63. The van der Waals surface area contributed by atoms with E-state index >= 15 is 0 Å². The van der Waals surface area contributed by atoms with Crippen molar-refractivity contribution in [2.24, 2.45) is 0 Å². The van der Waals surface area contributed by atoms with Crippen molar-refractivity contribution in [3.05, 3.63) is 136 Å². The summed E-state index contributed by atoms with van der Waals surface area (Å²) in [7, 11) is 0. The molecule has 7 heteroatoms. The molecule has 0 spiro atoms. The average Bonchev–Trinajstić information content (AvgIpc) is 2.94. The van der Waals surface area contributed by atoms with Crippen molar-refractivity contribution in [3.63, 3.8) is 0 Å². The molecule has 0 aliphatic carbocycles. The van der Waals surface area contributed by atoms with E-state index < -0.39 is 23.5 Å². The minimum absolute atomic E-state index is 0.128. The Morgan fingerprint density at radius 3 is 2.02 bits per heavy atom. The zero-order chi connectivity index (χ0) is 29.7. The van der Waals surface area contributed by atoms with Crippen LogP contribution in [0.4, 0.5) is 34.6 Å². The van der Waals surface area contributed by atoms with Gasteiger partial charge in [-0.05, 0) is 97.6 Å². The van der Waals surface area contributed by atoms with Gasteiger partial charge in [-0.1, -0.05) is 49.1 Å². The summed E-state index contributed by atoms with van der Waals surface area (Å²) < 4.78 is 58.6. The first-order chi connectivity index (χ1) is 19.4. The molecule has 0 bridgehead atoms. The van der Waals surface area contributed by atoms with Crippen LogP contribution in [0.2, 0.25) is 0 Å². The number of hydrogen-bond acceptors (Lipinski definition) is 3. The van der Waals surface area contributed by atoms with Crippen LogP contribution in [0.1, 0.15) is 40.3 Å². The van der Waals surface area contributed by atoms with Crippen LogP contribution in [0.3, 0.4) is 0 Å². The van der Waals surface area contributed by atoms with Gasteiger partial charge in [0.15, 0.2) is 0 Å². The second kappa shape index (κ2) is 12.3. The Morgan fingerprint density at radius 2 is 1.44 bits per heavy atom. The summed E-state index contributed by atoms with van der Waals surface area (Å²) >= 11 is 0. The van der Waals surface area contributed by atoms with E-state index in [1.165, 1.54) is 6.08 Å². The molecule has 0 aliphatic rings. The van der Waals surface area contributed by atoms with Crippen molar-refractivity contribution in [2.75, 3.05) is 4.90 Å². The Bertz CT molecular complexity index is 1590. The van der Waals surface area contributed by atoms with Gasteiger partial charge in [0.25, 0.3) is 0 Å². The Hall–Kier alpha value is -4.65. The van der Waals surface area contributed by atoms with Crippen LogP contribution in [0.25, 0.3) is 12.2 Å². The third-order valence-electron chi connectivity index (χ3n) is 6.59. The second-order valence-corrected chi connectivity index (χ2v) is 9.79. The number of halogens is 4. The SMILES string of the molecule is C=C(C)C(=O)OCc1ccc(N(c2ccc(C=Cc3cc(C(F)(F)F)ccc3F)cc2)c2ccc(C)c(C)c2)cc1. The van der Waals surface area contributed by atoms with Crippen molar-refractivity contribution in [1.29, 1.82) is 0 Å². The molecule has 0 fully saturated rings. The highest BCUT2D eigenvalue weighted by molar-refractivity contribution is 5.87. The quantitative estimate of drug-likeness (QED) is 0.0932. The molecule has 4 aromatic rings. The zero-order valence-electron chi connectivity index (χ0n) is 22.9. The van der Waals surface area contributed by atoms with E-state index in [9.17, 15) is 22.4 Å². The smallest absolute Gasteiger partial charge is 0.416 e. The minimum Gasteiger partial charge on any atom is -0.457 e.